The zero-order valence-electron chi connectivity index (χ0n) is 11.2. The Morgan fingerprint density at radius 1 is 1.21 bits per heavy atom. The normalized spacial score (nSPS) is 15.7. The lowest BCUT2D eigenvalue weighted by Crippen LogP contribution is -2.11. The van der Waals surface area contributed by atoms with Crippen molar-refractivity contribution in [3.63, 3.8) is 0 Å². The minimum absolute atomic E-state index is 0.931. The minimum Gasteiger partial charge on any atom is -0.316 e. The standard InChI is InChI=1S/C18H17N/c1-19-11-15-10-14-6-2-4-12-8-9-13-5-3-7-16(15)18(13)17(12)14/h2-4,6-7,9-10,19H,5,8,11H2,1H3. The van der Waals surface area contributed by atoms with Crippen LogP contribution in [0.4, 0.5) is 0 Å². The highest BCUT2D eigenvalue weighted by Crippen LogP contribution is 2.41. The molecule has 2 aliphatic carbocycles. The smallest absolute Gasteiger partial charge is 0.0208 e. The van der Waals surface area contributed by atoms with Crippen LogP contribution in [0, 0.1) is 0 Å². The van der Waals surface area contributed by atoms with Gasteiger partial charge in [-0.05, 0) is 64.6 Å². The van der Waals surface area contributed by atoms with Gasteiger partial charge in [0.1, 0.15) is 0 Å². The van der Waals surface area contributed by atoms with E-state index in [9.17, 15) is 0 Å². The predicted octanol–water partition coefficient (Wildman–Crippen LogP) is 3.92. The number of benzene rings is 2. The Kier molecular flexibility index (Phi) is 2.36. The van der Waals surface area contributed by atoms with E-state index >= 15 is 0 Å². The maximum Gasteiger partial charge on any atom is 0.0208 e. The van der Waals surface area contributed by atoms with Crippen LogP contribution >= 0.6 is 0 Å². The van der Waals surface area contributed by atoms with Gasteiger partial charge in [0, 0.05) is 6.54 Å². The van der Waals surface area contributed by atoms with Gasteiger partial charge in [-0.15, -0.1) is 0 Å². The second-order valence-electron chi connectivity index (χ2n) is 5.41. The fourth-order valence-corrected chi connectivity index (χ4v) is 3.46. The molecule has 0 aliphatic heterocycles. The number of hydrogen-bond acceptors (Lipinski definition) is 1. The van der Waals surface area contributed by atoms with Gasteiger partial charge in [0.05, 0.1) is 0 Å². The molecule has 0 saturated carbocycles. The first-order valence-corrected chi connectivity index (χ1v) is 6.96. The van der Waals surface area contributed by atoms with Crippen molar-refractivity contribution in [1.82, 2.24) is 5.32 Å². The van der Waals surface area contributed by atoms with Crippen LogP contribution in [0.2, 0.25) is 0 Å². The summed E-state index contributed by atoms with van der Waals surface area (Å²) in [7, 11) is 2.02. The van der Waals surface area contributed by atoms with Crippen molar-refractivity contribution >= 4 is 22.4 Å². The van der Waals surface area contributed by atoms with Gasteiger partial charge >= 0.3 is 0 Å². The Morgan fingerprint density at radius 3 is 3.05 bits per heavy atom. The summed E-state index contributed by atoms with van der Waals surface area (Å²) < 4.78 is 0. The molecule has 4 rings (SSSR count). The minimum atomic E-state index is 0.931. The molecule has 2 aliphatic rings. The summed E-state index contributed by atoms with van der Waals surface area (Å²) in [6.45, 7) is 0.931. The maximum absolute atomic E-state index is 3.29. The summed E-state index contributed by atoms with van der Waals surface area (Å²) in [5.41, 5.74) is 7.31. The third kappa shape index (κ3) is 1.52. The van der Waals surface area contributed by atoms with Gasteiger partial charge in [0.2, 0.25) is 0 Å². The molecule has 0 radical (unpaired) electrons. The van der Waals surface area contributed by atoms with Crippen molar-refractivity contribution in [2.24, 2.45) is 0 Å². The number of allylic oxidation sites excluding steroid dienone is 3. The second-order valence-corrected chi connectivity index (χ2v) is 5.41. The first kappa shape index (κ1) is 11.0. The number of nitrogens with one attached hydrogen (secondary N) is 1. The average Bonchev–Trinajstić information content (AvgIpc) is 2.46. The Hall–Kier alpha value is -1.86. The van der Waals surface area contributed by atoms with E-state index in [4.69, 9.17) is 0 Å². The Morgan fingerprint density at radius 2 is 2.16 bits per heavy atom. The topological polar surface area (TPSA) is 12.0 Å². The SMILES string of the molecule is CNCc1cc2cccc3c2c2c1C=CCC2=CC3. The molecule has 2 aromatic rings. The molecule has 1 N–H and O–H groups in total. The van der Waals surface area contributed by atoms with Gasteiger partial charge < -0.3 is 5.32 Å². The zero-order valence-corrected chi connectivity index (χ0v) is 11.2. The Balaban J connectivity index is 2.15. The van der Waals surface area contributed by atoms with Gasteiger partial charge in [-0.1, -0.05) is 36.4 Å². The quantitative estimate of drug-likeness (QED) is 0.848. The number of rotatable bonds is 2. The molecule has 0 aromatic heterocycles. The van der Waals surface area contributed by atoms with Gasteiger partial charge in [0.25, 0.3) is 0 Å². The highest BCUT2D eigenvalue weighted by molar-refractivity contribution is 6.03. The molecule has 0 bridgehead atoms. The summed E-state index contributed by atoms with van der Waals surface area (Å²) in [6.07, 6.45) is 9.18. The average molecular weight is 247 g/mol. The molecule has 2 aromatic carbocycles. The summed E-state index contributed by atoms with van der Waals surface area (Å²) in [5.74, 6) is 0. The van der Waals surface area contributed by atoms with Gasteiger partial charge in [0.15, 0.2) is 0 Å². The van der Waals surface area contributed by atoms with E-state index in [0.717, 1.165) is 19.4 Å². The molecule has 0 fully saturated rings. The van der Waals surface area contributed by atoms with Crippen molar-refractivity contribution in [3.05, 3.63) is 58.7 Å². The Bertz CT molecular complexity index is 735. The fourth-order valence-electron chi connectivity index (χ4n) is 3.46. The van der Waals surface area contributed by atoms with E-state index in [0.29, 0.717) is 0 Å². The lowest BCUT2D eigenvalue weighted by Gasteiger charge is -2.25. The molecule has 0 heterocycles. The molecule has 0 amide bonds. The molecular formula is C18H17N. The molecular weight excluding hydrogens is 230 g/mol. The van der Waals surface area contributed by atoms with Crippen LogP contribution in [-0.2, 0) is 13.0 Å². The largest absolute Gasteiger partial charge is 0.316 e. The highest BCUT2D eigenvalue weighted by Gasteiger charge is 2.21. The molecule has 19 heavy (non-hydrogen) atoms. The van der Waals surface area contributed by atoms with Crippen molar-refractivity contribution in [3.8, 4) is 0 Å². The maximum atomic E-state index is 3.29. The monoisotopic (exact) mass is 247 g/mol. The summed E-state index contributed by atoms with van der Waals surface area (Å²) >= 11 is 0. The first-order chi connectivity index (χ1) is 9.38. The van der Waals surface area contributed by atoms with Crippen LogP contribution in [0.25, 0.3) is 22.4 Å². The molecule has 0 saturated heterocycles. The second kappa shape index (κ2) is 4.07. The van der Waals surface area contributed by atoms with E-state index in [2.05, 4.69) is 47.8 Å². The Labute approximate surface area is 113 Å². The van der Waals surface area contributed by atoms with Crippen LogP contribution in [-0.4, -0.2) is 7.05 Å². The molecule has 0 unspecified atom stereocenters. The van der Waals surface area contributed by atoms with Gasteiger partial charge in [-0.25, -0.2) is 0 Å². The van der Waals surface area contributed by atoms with Crippen LogP contribution in [0.3, 0.4) is 0 Å². The first-order valence-electron chi connectivity index (χ1n) is 6.96. The van der Waals surface area contributed by atoms with Gasteiger partial charge in [-0.3, -0.25) is 0 Å². The molecule has 0 atom stereocenters. The van der Waals surface area contributed by atoms with Crippen LogP contribution in [0.1, 0.15) is 28.7 Å². The highest BCUT2D eigenvalue weighted by atomic mass is 14.8. The lowest BCUT2D eigenvalue weighted by molar-refractivity contribution is 0.816. The zero-order chi connectivity index (χ0) is 12.8. The van der Waals surface area contributed by atoms with Crippen LogP contribution < -0.4 is 5.32 Å². The van der Waals surface area contributed by atoms with E-state index in [1.54, 1.807) is 0 Å². The number of hydrogen-bond donors (Lipinski definition) is 1. The van der Waals surface area contributed by atoms with E-state index in [1.807, 2.05) is 7.05 Å². The van der Waals surface area contributed by atoms with Crippen molar-refractivity contribution in [2.45, 2.75) is 19.4 Å². The summed E-state index contributed by atoms with van der Waals surface area (Å²) in [6, 6.07) is 9.06. The third-order valence-electron chi connectivity index (χ3n) is 4.26. The fraction of sp³-hybridized carbons (Fsp3) is 0.222. The van der Waals surface area contributed by atoms with E-state index in [-0.39, 0.29) is 0 Å². The van der Waals surface area contributed by atoms with Gasteiger partial charge in [-0.2, -0.15) is 0 Å². The van der Waals surface area contributed by atoms with E-state index < -0.39 is 0 Å². The summed E-state index contributed by atoms with van der Waals surface area (Å²) in [5, 5.41) is 6.17. The molecule has 1 heteroatoms. The van der Waals surface area contributed by atoms with Crippen molar-refractivity contribution < 1.29 is 0 Å². The van der Waals surface area contributed by atoms with E-state index in [1.165, 1.54) is 38.6 Å². The van der Waals surface area contributed by atoms with Crippen LogP contribution in [0.15, 0.2) is 36.4 Å². The summed E-state index contributed by atoms with van der Waals surface area (Å²) in [4.78, 5) is 0. The molecule has 94 valence electrons. The predicted molar refractivity (Wildman–Crippen MR) is 82.0 cm³/mol. The molecule has 0 spiro atoms. The molecule has 1 nitrogen and oxygen atoms in total. The third-order valence-corrected chi connectivity index (χ3v) is 4.26. The van der Waals surface area contributed by atoms with Crippen molar-refractivity contribution in [1.29, 1.82) is 0 Å². The van der Waals surface area contributed by atoms with Crippen molar-refractivity contribution in [2.75, 3.05) is 7.05 Å². The van der Waals surface area contributed by atoms with Crippen LogP contribution in [0.5, 0.6) is 0 Å². The lowest BCUT2D eigenvalue weighted by atomic mass is 9.79.